The van der Waals surface area contributed by atoms with Gasteiger partial charge in [0.2, 0.25) is 5.91 Å². The summed E-state index contributed by atoms with van der Waals surface area (Å²) in [5.74, 6) is 1.02. The standard InChI is InChI=1S/C19H25N3O2/c1-20(2)11-12-21-13-14-22(18-8-4-3-7-17(18)21)19(23)10-9-16-6-5-15-24-16/h3-8,15H,9-14H2,1-2H3. The number of para-hydroxylation sites is 2. The minimum Gasteiger partial charge on any atom is -0.469 e. The average Bonchev–Trinajstić information content (AvgIpc) is 3.11. The SMILES string of the molecule is CN(C)CCN1CCN(C(=O)CCc2ccco2)c2ccccc21. The van der Waals surface area contributed by atoms with Gasteiger partial charge in [-0.25, -0.2) is 0 Å². The number of hydrogen-bond acceptors (Lipinski definition) is 4. The fraction of sp³-hybridized carbons (Fsp3) is 0.421. The maximum absolute atomic E-state index is 12.7. The van der Waals surface area contributed by atoms with Crippen LogP contribution in [0.25, 0.3) is 0 Å². The molecule has 0 saturated carbocycles. The first-order valence-corrected chi connectivity index (χ1v) is 8.46. The summed E-state index contributed by atoms with van der Waals surface area (Å²) in [6, 6.07) is 12.0. The van der Waals surface area contributed by atoms with Crippen molar-refractivity contribution < 1.29 is 9.21 Å². The Morgan fingerprint density at radius 1 is 1.12 bits per heavy atom. The summed E-state index contributed by atoms with van der Waals surface area (Å²) in [4.78, 5) is 19.2. The topological polar surface area (TPSA) is 39.9 Å². The minimum atomic E-state index is 0.158. The molecule has 0 atom stereocenters. The van der Waals surface area contributed by atoms with Gasteiger partial charge in [0.05, 0.1) is 17.6 Å². The van der Waals surface area contributed by atoms with E-state index in [-0.39, 0.29) is 5.91 Å². The second-order valence-electron chi connectivity index (χ2n) is 6.40. The highest BCUT2D eigenvalue weighted by Crippen LogP contribution is 2.33. The van der Waals surface area contributed by atoms with Crippen LogP contribution >= 0.6 is 0 Å². The molecule has 1 amide bonds. The lowest BCUT2D eigenvalue weighted by molar-refractivity contribution is -0.118. The van der Waals surface area contributed by atoms with Crippen LogP contribution in [0.1, 0.15) is 12.2 Å². The first-order valence-electron chi connectivity index (χ1n) is 8.46. The van der Waals surface area contributed by atoms with Crippen molar-refractivity contribution in [2.45, 2.75) is 12.8 Å². The van der Waals surface area contributed by atoms with Gasteiger partial charge in [0.15, 0.2) is 0 Å². The Labute approximate surface area is 143 Å². The summed E-state index contributed by atoms with van der Waals surface area (Å²) in [6.45, 7) is 3.58. The average molecular weight is 327 g/mol. The van der Waals surface area contributed by atoms with E-state index in [4.69, 9.17) is 4.42 Å². The summed E-state index contributed by atoms with van der Waals surface area (Å²) < 4.78 is 5.33. The van der Waals surface area contributed by atoms with Crippen LogP contribution in [0.5, 0.6) is 0 Å². The third kappa shape index (κ3) is 3.79. The molecule has 0 bridgehead atoms. The number of nitrogens with zero attached hydrogens (tertiary/aromatic N) is 3. The monoisotopic (exact) mass is 327 g/mol. The van der Waals surface area contributed by atoms with Crippen LogP contribution in [-0.4, -0.2) is 51.1 Å². The molecule has 1 aliphatic heterocycles. The number of fused-ring (bicyclic) bond motifs is 1. The van der Waals surface area contributed by atoms with E-state index < -0.39 is 0 Å². The summed E-state index contributed by atoms with van der Waals surface area (Å²) in [5, 5.41) is 0. The highest BCUT2D eigenvalue weighted by molar-refractivity contribution is 5.97. The lowest BCUT2D eigenvalue weighted by Crippen LogP contribution is -2.45. The van der Waals surface area contributed by atoms with Gasteiger partial charge in [-0.1, -0.05) is 12.1 Å². The second kappa shape index (κ2) is 7.53. The maximum Gasteiger partial charge on any atom is 0.227 e. The van der Waals surface area contributed by atoms with Crippen LogP contribution in [0, 0.1) is 0 Å². The van der Waals surface area contributed by atoms with Crippen molar-refractivity contribution in [3.8, 4) is 0 Å². The fourth-order valence-corrected chi connectivity index (χ4v) is 3.05. The summed E-state index contributed by atoms with van der Waals surface area (Å²) in [7, 11) is 4.17. The molecule has 2 heterocycles. The number of benzene rings is 1. The number of likely N-dealkylation sites (N-methyl/N-ethyl adjacent to an activating group) is 1. The van der Waals surface area contributed by atoms with Crippen LogP contribution in [-0.2, 0) is 11.2 Å². The molecule has 5 heteroatoms. The van der Waals surface area contributed by atoms with Gasteiger partial charge in [0.1, 0.15) is 5.76 Å². The Balaban J connectivity index is 1.70. The van der Waals surface area contributed by atoms with E-state index in [0.29, 0.717) is 12.8 Å². The zero-order chi connectivity index (χ0) is 16.9. The predicted octanol–water partition coefficient (Wildman–Crippen LogP) is 2.63. The number of furan rings is 1. The largest absolute Gasteiger partial charge is 0.469 e. The lowest BCUT2D eigenvalue weighted by atomic mass is 10.1. The van der Waals surface area contributed by atoms with E-state index in [9.17, 15) is 4.79 Å². The third-order valence-corrected chi connectivity index (χ3v) is 4.39. The molecule has 0 saturated heterocycles. The van der Waals surface area contributed by atoms with Gasteiger partial charge in [-0.05, 0) is 38.4 Å². The third-order valence-electron chi connectivity index (χ3n) is 4.39. The van der Waals surface area contributed by atoms with Gasteiger partial charge in [-0.3, -0.25) is 4.79 Å². The van der Waals surface area contributed by atoms with Gasteiger partial charge >= 0.3 is 0 Å². The van der Waals surface area contributed by atoms with E-state index in [0.717, 1.165) is 43.3 Å². The Morgan fingerprint density at radius 3 is 2.62 bits per heavy atom. The molecule has 128 valence electrons. The van der Waals surface area contributed by atoms with Crippen molar-refractivity contribution in [1.29, 1.82) is 0 Å². The highest BCUT2D eigenvalue weighted by atomic mass is 16.3. The minimum absolute atomic E-state index is 0.158. The number of carbonyl (C=O) groups is 1. The Kier molecular flexibility index (Phi) is 5.20. The predicted molar refractivity (Wildman–Crippen MR) is 96.6 cm³/mol. The van der Waals surface area contributed by atoms with E-state index in [1.54, 1.807) is 6.26 Å². The van der Waals surface area contributed by atoms with Gasteiger partial charge < -0.3 is 19.1 Å². The smallest absolute Gasteiger partial charge is 0.227 e. The van der Waals surface area contributed by atoms with Crippen molar-refractivity contribution >= 4 is 17.3 Å². The summed E-state index contributed by atoms with van der Waals surface area (Å²) in [5.41, 5.74) is 2.17. The fourth-order valence-electron chi connectivity index (χ4n) is 3.05. The summed E-state index contributed by atoms with van der Waals surface area (Å²) >= 11 is 0. The molecule has 1 aromatic heterocycles. The molecule has 0 fully saturated rings. The lowest BCUT2D eigenvalue weighted by Gasteiger charge is -2.38. The van der Waals surface area contributed by atoms with Crippen LogP contribution in [0.3, 0.4) is 0 Å². The molecule has 0 aliphatic carbocycles. The first-order chi connectivity index (χ1) is 11.6. The van der Waals surface area contributed by atoms with Crippen LogP contribution in [0.15, 0.2) is 47.1 Å². The summed E-state index contributed by atoms with van der Waals surface area (Å²) in [6.07, 6.45) is 2.77. The van der Waals surface area contributed by atoms with Crippen molar-refractivity contribution in [2.75, 3.05) is 50.1 Å². The molecule has 5 nitrogen and oxygen atoms in total. The number of aryl methyl sites for hydroxylation is 1. The molecular formula is C19H25N3O2. The molecule has 0 spiro atoms. The van der Waals surface area contributed by atoms with Crippen LogP contribution in [0.4, 0.5) is 11.4 Å². The van der Waals surface area contributed by atoms with Gasteiger partial charge in [0.25, 0.3) is 0 Å². The number of hydrogen-bond donors (Lipinski definition) is 0. The zero-order valence-electron chi connectivity index (χ0n) is 14.4. The molecule has 0 N–H and O–H groups in total. The molecular weight excluding hydrogens is 302 g/mol. The number of carbonyl (C=O) groups excluding carboxylic acids is 1. The Bertz CT molecular complexity index is 667. The van der Waals surface area contributed by atoms with Crippen molar-refractivity contribution in [2.24, 2.45) is 0 Å². The molecule has 24 heavy (non-hydrogen) atoms. The van der Waals surface area contributed by atoms with E-state index >= 15 is 0 Å². The van der Waals surface area contributed by atoms with Crippen molar-refractivity contribution in [3.05, 3.63) is 48.4 Å². The second-order valence-corrected chi connectivity index (χ2v) is 6.40. The Morgan fingerprint density at radius 2 is 1.92 bits per heavy atom. The molecule has 1 aromatic carbocycles. The molecule has 2 aromatic rings. The van der Waals surface area contributed by atoms with Gasteiger partial charge in [0, 0.05) is 39.0 Å². The maximum atomic E-state index is 12.7. The van der Waals surface area contributed by atoms with E-state index in [2.05, 4.69) is 30.0 Å². The molecule has 3 rings (SSSR count). The van der Waals surface area contributed by atoms with Crippen molar-refractivity contribution in [1.82, 2.24) is 4.90 Å². The zero-order valence-corrected chi connectivity index (χ0v) is 14.4. The molecule has 0 unspecified atom stereocenters. The number of rotatable bonds is 6. The van der Waals surface area contributed by atoms with Crippen LogP contribution < -0.4 is 9.80 Å². The van der Waals surface area contributed by atoms with E-state index in [1.807, 2.05) is 35.2 Å². The van der Waals surface area contributed by atoms with Gasteiger partial charge in [-0.15, -0.1) is 0 Å². The van der Waals surface area contributed by atoms with E-state index in [1.165, 1.54) is 0 Å². The van der Waals surface area contributed by atoms with Crippen LogP contribution in [0.2, 0.25) is 0 Å². The molecule has 0 radical (unpaired) electrons. The number of amides is 1. The van der Waals surface area contributed by atoms with Crippen molar-refractivity contribution in [3.63, 3.8) is 0 Å². The molecule has 1 aliphatic rings. The quantitative estimate of drug-likeness (QED) is 0.818. The number of anilines is 2. The highest BCUT2D eigenvalue weighted by Gasteiger charge is 2.26. The normalized spacial score (nSPS) is 14.1. The Hall–Kier alpha value is -2.27. The van der Waals surface area contributed by atoms with Gasteiger partial charge in [-0.2, -0.15) is 0 Å². The first kappa shape index (κ1) is 16.6.